The zero-order valence-corrected chi connectivity index (χ0v) is 14.0. The van der Waals surface area contributed by atoms with Crippen LogP contribution in [0.15, 0.2) is 0 Å². The Kier molecular flexibility index (Phi) is 8.02. The maximum Gasteiger partial charge on any atom is 0.279 e. The zero-order valence-electron chi connectivity index (χ0n) is 13.2. The van der Waals surface area contributed by atoms with Crippen molar-refractivity contribution in [2.24, 2.45) is 0 Å². The lowest BCUT2D eigenvalue weighted by Gasteiger charge is -2.22. The van der Waals surface area contributed by atoms with Gasteiger partial charge in [0.2, 0.25) is 0 Å². The van der Waals surface area contributed by atoms with E-state index in [4.69, 9.17) is 0 Å². The molecule has 0 aromatic carbocycles. The average Bonchev–Trinajstić information content (AvgIpc) is 2.62. The van der Waals surface area contributed by atoms with Crippen molar-refractivity contribution in [3.8, 4) is 0 Å². The Morgan fingerprint density at radius 1 is 1.15 bits per heavy atom. The molecule has 0 saturated heterocycles. The molecule has 2 N–H and O–H groups in total. The van der Waals surface area contributed by atoms with Crippen molar-refractivity contribution in [1.29, 1.82) is 0 Å². The van der Waals surface area contributed by atoms with Gasteiger partial charge < -0.3 is 5.32 Å². The molecule has 0 radical (unpaired) electrons. The van der Waals surface area contributed by atoms with Crippen LogP contribution in [-0.4, -0.2) is 44.9 Å². The lowest BCUT2D eigenvalue weighted by atomic mass is 10.1. The van der Waals surface area contributed by atoms with Gasteiger partial charge >= 0.3 is 0 Å². The molecule has 1 rings (SSSR count). The van der Waals surface area contributed by atoms with Crippen molar-refractivity contribution in [2.45, 2.75) is 70.9 Å². The molecule has 0 heterocycles. The van der Waals surface area contributed by atoms with Gasteiger partial charge in [0.25, 0.3) is 10.2 Å². The first-order valence-corrected chi connectivity index (χ1v) is 9.33. The van der Waals surface area contributed by atoms with Crippen LogP contribution < -0.4 is 10.0 Å². The first-order valence-electron chi connectivity index (χ1n) is 7.89. The van der Waals surface area contributed by atoms with Crippen LogP contribution in [0.2, 0.25) is 0 Å². The van der Waals surface area contributed by atoms with Gasteiger partial charge in [-0.05, 0) is 25.8 Å². The highest BCUT2D eigenvalue weighted by atomic mass is 32.2. The Morgan fingerprint density at radius 2 is 1.75 bits per heavy atom. The summed E-state index contributed by atoms with van der Waals surface area (Å²) in [5.41, 5.74) is 0. The van der Waals surface area contributed by atoms with Crippen LogP contribution in [-0.2, 0) is 10.2 Å². The minimum atomic E-state index is -3.32. The van der Waals surface area contributed by atoms with E-state index >= 15 is 0 Å². The van der Waals surface area contributed by atoms with Gasteiger partial charge in [-0.3, -0.25) is 0 Å². The Labute approximate surface area is 124 Å². The van der Waals surface area contributed by atoms with Crippen molar-refractivity contribution in [3.05, 3.63) is 0 Å². The SMILES string of the molecule is CC(C)NCCCN(C)S(=O)(=O)NC1CCCCCC1. The van der Waals surface area contributed by atoms with Gasteiger partial charge in [0.15, 0.2) is 0 Å². The molecule has 20 heavy (non-hydrogen) atoms. The highest BCUT2D eigenvalue weighted by Gasteiger charge is 2.22. The van der Waals surface area contributed by atoms with Gasteiger partial charge in [0.1, 0.15) is 0 Å². The second-order valence-electron chi connectivity index (χ2n) is 6.10. The van der Waals surface area contributed by atoms with Gasteiger partial charge in [0.05, 0.1) is 0 Å². The summed E-state index contributed by atoms with van der Waals surface area (Å²) < 4.78 is 28.8. The lowest BCUT2D eigenvalue weighted by Crippen LogP contribution is -2.44. The Bertz CT molecular complexity index is 349. The summed E-state index contributed by atoms with van der Waals surface area (Å²) in [5, 5.41) is 3.30. The van der Waals surface area contributed by atoms with Crippen molar-refractivity contribution in [2.75, 3.05) is 20.1 Å². The van der Waals surface area contributed by atoms with Gasteiger partial charge in [-0.1, -0.05) is 39.5 Å². The lowest BCUT2D eigenvalue weighted by molar-refractivity contribution is 0.422. The molecule has 1 aliphatic rings. The first-order chi connectivity index (χ1) is 9.42. The van der Waals surface area contributed by atoms with E-state index in [2.05, 4.69) is 23.9 Å². The maximum absolute atomic E-state index is 12.2. The third-order valence-corrected chi connectivity index (χ3v) is 5.42. The van der Waals surface area contributed by atoms with E-state index in [0.29, 0.717) is 12.6 Å². The van der Waals surface area contributed by atoms with Crippen LogP contribution in [0.4, 0.5) is 0 Å². The smallest absolute Gasteiger partial charge is 0.279 e. The molecular weight excluding hydrogens is 274 g/mol. The molecule has 0 aromatic heterocycles. The molecule has 0 aromatic rings. The van der Waals surface area contributed by atoms with E-state index < -0.39 is 10.2 Å². The summed E-state index contributed by atoms with van der Waals surface area (Å²) >= 11 is 0. The van der Waals surface area contributed by atoms with E-state index in [-0.39, 0.29) is 6.04 Å². The molecule has 0 spiro atoms. The van der Waals surface area contributed by atoms with Crippen molar-refractivity contribution >= 4 is 10.2 Å². The van der Waals surface area contributed by atoms with E-state index in [1.54, 1.807) is 7.05 Å². The standard InChI is InChI=1S/C14H31N3O2S/c1-13(2)15-11-8-12-17(3)20(18,19)16-14-9-6-4-5-7-10-14/h13-16H,4-12H2,1-3H3. The zero-order chi connectivity index (χ0) is 15.0. The van der Waals surface area contributed by atoms with Crippen LogP contribution in [0.25, 0.3) is 0 Å². The molecule has 1 saturated carbocycles. The van der Waals surface area contributed by atoms with E-state index in [0.717, 1.165) is 38.6 Å². The number of nitrogens with zero attached hydrogens (tertiary/aromatic N) is 1. The second-order valence-corrected chi connectivity index (χ2v) is 7.90. The molecule has 0 atom stereocenters. The largest absolute Gasteiger partial charge is 0.314 e. The predicted molar refractivity (Wildman–Crippen MR) is 83.9 cm³/mol. The molecule has 0 amide bonds. The monoisotopic (exact) mass is 305 g/mol. The topological polar surface area (TPSA) is 61.4 Å². The summed E-state index contributed by atoms with van der Waals surface area (Å²) in [6.07, 6.45) is 7.51. The van der Waals surface area contributed by atoms with Crippen LogP contribution in [0.1, 0.15) is 58.8 Å². The summed E-state index contributed by atoms with van der Waals surface area (Å²) in [4.78, 5) is 0. The number of hydrogen-bond acceptors (Lipinski definition) is 3. The molecule has 0 aliphatic heterocycles. The molecule has 1 aliphatic carbocycles. The molecule has 120 valence electrons. The van der Waals surface area contributed by atoms with Gasteiger partial charge in [-0.25, -0.2) is 0 Å². The quantitative estimate of drug-likeness (QED) is 0.531. The van der Waals surface area contributed by atoms with Crippen molar-refractivity contribution in [1.82, 2.24) is 14.3 Å². The fourth-order valence-corrected chi connectivity index (χ4v) is 3.72. The summed E-state index contributed by atoms with van der Waals surface area (Å²) in [6.45, 7) is 5.59. The molecular formula is C14H31N3O2S. The Balaban J connectivity index is 2.34. The number of nitrogens with one attached hydrogen (secondary N) is 2. The highest BCUT2D eigenvalue weighted by molar-refractivity contribution is 7.87. The van der Waals surface area contributed by atoms with Crippen LogP contribution in [0.3, 0.4) is 0 Å². The van der Waals surface area contributed by atoms with E-state index in [1.807, 2.05) is 0 Å². The predicted octanol–water partition coefficient (Wildman–Crippen LogP) is 1.86. The Morgan fingerprint density at radius 3 is 2.30 bits per heavy atom. The van der Waals surface area contributed by atoms with E-state index in [9.17, 15) is 8.42 Å². The minimum Gasteiger partial charge on any atom is -0.314 e. The molecule has 0 bridgehead atoms. The minimum absolute atomic E-state index is 0.124. The normalized spacial score (nSPS) is 18.6. The van der Waals surface area contributed by atoms with Crippen LogP contribution in [0, 0.1) is 0 Å². The van der Waals surface area contributed by atoms with Gasteiger partial charge in [-0.15, -0.1) is 0 Å². The number of hydrogen-bond donors (Lipinski definition) is 2. The second kappa shape index (κ2) is 8.97. The molecule has 6 heteroatoms. The highest BCUT2D eigenvalue weighted by Crippen LogP contribution is 2.18. The summed E-state index contributed by atoms with van der Waals surface area (Å²) in [6, 6.07) is 0.569. The van der Waals surface area contributed by atoms with Gasteiger partial charge in [0, 0.05) is 25.7 Å². The number of rotatable bonds is 8. The maximum atomic E-state index is 12.2. The van der Waals surface area contributed by atoms with E-state index in [1.165, 1.54) is 17.1 Å². The fourth-order valence-electron chi connectivity index (χ4n) is 2.51. The average molecular weight is 305 g/mol. The van der Waals surface area contributed by atoms with Crippen LogP contribution >= 0.6 is 0 Å². The van der Waals surface area contributed by atoms with Crippen LogP contribution in [0.5, 0.6) is 0 Å². The summed E-state index contributed by atoms with van der Waals surface area (Å²) in [5.74, 6) is 0. The third kappa shape index (κ3) is 7.02. The molecule has 5 nitrogen and oxygen atoms in total. The first kappa shape index (κ1) is 17.9. The molecule has 0 unspecified atom stereocenters. The van der Waals surface area contributed by atoms with Gasteiger partial charge in [-0.2, -0.15) is 17.4 Å². The molecule has 1 fully saturated rings. The van der Waals surface area contributed by atoms with Crippen molar-refractivity contribution in [3.63, 3.8) is 0 Å². The third-order valence-electron chi connectivity index (χ3n) is 3.78. The fraction of sp³-hybridized carbons (Fsp3) is 1.00. The van der Waals surface area contributed by atoms with Crippen molar-refractivity contribution < 1.29 is 8.42 Å². The Hall–Kier alpha value is -0.170. The summed E-state index contributed by atoms with van der Waals surface area (Å²) in [7, 11) is -1.66.